The third-order valence-corrected chi connectivity index (χ3v) is 4.84. The molecular weight excluding hydrogens is 372 g/mol. The maximum Gasteiger partial charge on any atom is 0.270 e. The summed E-state index contributed by atoms with van der Waals surface area (Å²) in [4.78, 5) is 20.5. The van der Waals surface area contributed by atoms with Crippen molar-refractivity contribution < 1.29 is 9.90 Å². The lowest BCUT2D eigenvalue weighted by Crippen LogP contribution is -2.18. The lowest BCUT2D eigenvalue weighted by molar-refractivity contribution is 0.0740. The highest BCUT2D eigenvalue weighted by molar-refractivity contribution is 7.19. The van der Waals surface area contributed by atoms with E-state index in [2.05, 4.69) is 15.3 Å². The number of benzene rings is 1. The van der Waals surface area contributed by atoms with Crippen LogP contribution in [0.1, 0.15) is 30.0 Å². The summed E-state index contributed by atoms with van der Waals surface area (Å²) in [7, 11) is 0. The van der Waals surface area contributed by atoms with Gasteiger partial charge in [0.15, 0.2) is 5.69 Å². The number of carbonyl (C=O) groups is 1. The van der Waals surface area contributed by atoms with Crippen LogP contribution in [0.5, 0.6) is 0 Å². The molecule has 0 bridgehead atoms. The molecule has 0 radical (unpaired) electrons. The highest BCUT2D eigenvalue weighted by atomic mass is 35.5. The number of pyridine rings is 1. The van der Waals surface area contributed by atoms with E-state index in [1.165, 1.54) is 11.3 Å². The van der Waals surface area contributed by atoms with Crippen LogP contribution in [0.3, 0.4) is 0 Å². The Kier molecular flexibility index (Phi) is 4.95. The minimum atomic E-state index is -1.08. The number of aliphatic hydroxyl groups is 1. The number of aromatic nitrogens is 2. The average Bonchev–Trinajstić information content (AvgIpc) is 2.99. The number of nitrogens with one attached hydrogen (secondary N) is 1. The van der Waals surface area contributed by atoms with Gasteiger partial charge in [-0.3, -0.25) is 4.79 Å². The van der Waals surface area contributed by atoms with Gasteiger partial charge < -0.3 is 16.2 Å². The van der Waals surface area contributed by atoms with Crippen LogP contribution in [0.25, 0.3) is 10.6 Å². The van der Waals surface area contributed by atoms with E-state index in [1.807, 2.05) is 12.1 Å². The van der Waals surface area contributed by atoms with Gasteiger partial charge in [-0.1, -0.05) is 41.1 Å². The first-order chi connectivity index (χ1) is 12.2. The number of nitrogens with two attached hydrogens (primary N) is 1. The molecular formula is C18H17ClN4O2S. The van der Waals surface area contributed by atoms with Crippen molar-refractivity contribution in [1.82, 2.24) is 9.97 Å². The third-order valence-electron chi connectivity index (χ3n) is 3.57. The van der Waals surface area contributed by atoms with Gasteiger partial charge in [-0.15, -0.1) is 0 Å². The van der Waals surface area contributed by atoms with Crippen LogP contribution in [-0.4, -0.2) is 21.0 Å². The summed E-state index contributed by atoms with van der Waals surface area (Å²) in [5.74, 6) is -0.152. The van der Waals surface area contributed by atoms with Gasteiger partial charge in [0.1, 0.15) is 21.4 Å². The van der Waals surface area contributed by atoms with E-state index in [9.17, 15) is 9.90 Å². The normalized spacial score (nSPS) is 11.4. The lowest BCUT2D eigenvalue weighted by Gasteiger charge is -2.17. The first-order valence-electron chi connectivity index (χ1n) is 7.77. The Morgan fingerprint density at radius 1 is 1.19 bits per heavy atom. The number of nitrogens with zero attached hydrogens (tertiary/aromatic N) is 2. The number of primary amides is 1. The SMILES string of the molecule is CC(C)(O)c1cccc(Nc2sc(-c3ccc(Cl)cc3)nc2C(N)=O)n1. The molecule has 0 aliphatic rings. The van der Waals surface area contributed by atoms with Crippen LogP contribution >= 0.6 is 22.9 Å². The molecule has 1 amide bonds. The third kappa shape index (κ3) is 4.01. The second-order valence-electron chi connectivity index (χ2n) is 6.16. The van der Waals surface area contributed by atoms with E-state index < -0.39 is 11.5 Å². The van der Waals surface area contributed by atoms with Crippen molar-refractivity contribution in [2.45, 2.75) is 19.4 Å². The summed E-state index contributed by atoms with van der Waals surface area (Å²) in [6.45, 7) is 3.30. The first kappa shape index (κ1) is 18.3. The molecule has 8 heteroatoms. The second-order valence-corrected chi connectivity index (χ2v) is 7.60. The van der Waals surface area contributed by atoms with E-state index in [0.29, 0.717) is 26.5 Å². The molecule has 26 heavy (non-hydrogen) atoms. The summed E-state index contributed by atoms with van der Waals surface area (Å²) < 4.78 is 0. The quantitative estimate of drug-likeness (QED) is 0.614. The maximum absolute atomic E-state index is 11.8. The zero-order chi connectivity index (χ0) is 18.9. The number of anilines is 2. The van der Waals surface area contributed by atoms with Gasteiger partial charge in [0.05, 0.1) is 5.69 Å². The highest BCUT2D eigenvalue weighted by Gasteiger charge is 2.20. The largest absolute Gasteiger partial charge is 0.384 e. The van der Waals surface area contributed by atoms with Gasteiger partial charge in [0, 0.05) is 10.6 Å². The van der Waals surface area contributed by atoms with Crippen LogP contribution < -0.4 is 11.1 Å². The predicted octanol–water partition coefficient (Wildman–Crippen LogP) is 3.93. The monoisotopic (exact) mass is 388 g/mol. The van der Waals surface area contributed by atoms with Gasteiger partial charge in [-0.25, -0.2) is 9.97 Å². The number of hydrogen-bond donors (Lipinski definition) is 3. The molecule has 4 N–H and O–H groups in total. The Bertz CT molecular complexity index is 949. The van der Waals surface area contributed by atoms with Crippen molar-refractivity contribution in [3.8, 4) is 10.6 Å². The summed E-state index contributed by atoms with van der Waals surface area (Å²) in [5.41, 5.74) is 5.86. The fourth-order valence-corrected chi connectivity index (χ4v) is 3.36. The van der Waals surface area contributed by atoms with E-state index >= 15 is 0 Å². The van der Waals surface area contributed by atoms with Crippen LogP contribution in [0.4, 0.5) is 10.8 Å². The van der Waals surface area contributed by atoms with Crippen LogP contribution in [0.15, 0.2) is 42.5 Å². The number of rotatable bonds is 5. The zero-order valence-electron chi connectivity index (χ0n) is 14.2. The van der Waals surface area contributed by atoms with Crippen molar-refractivity contribution >= 4 is 39.7 Å². The van der Waals surface area contributed by atoms with Crippen LogP contribution in [0, 0.1) is 0 Å². The standard InChI is InChI=1S/C18H17ClN4O2S/c1-18(2,25)12-4-3-5-13(21-12)22-17-14(15(20)24)23-16(26-17)10-6-8-11(19)9-7-10/h3-9,25H,1-2H3,(H2,20,24)(H,21,22). The first-order valence-corrected chi connectivity index (χ1v) is 8.97. The van der Waals surface area contributed by atoms with Crippen molar-refractivity contribution in [1.29, 1.82) is 0 Å². The Morgan fingerprint density at radius 2 is 1.88 bits per heavy atom. The average molecular weight is 389 g/mol. The van der Waals surface area contributed by atoms with Crippen molar-refractivity contribution in [3.05, 3.63) is 58.9 Å². The topological polar surface area (TPSA) is 101 Å². The van der Waals surface area contributed by atoms with Crippen molar-refractivity contribution in [2.24, 2.45) is 5.73 Å². The summed E-state index contributed by atoms with van der Waals surface area (Å²) in [6, 6.07) is 12.4. The molecule has 0 aliphatic carbocycles. The van der Waals surface area contributed by atoms with Gasteiger partial charge in [-0.2, -0.15) is 0 Å². The van der Waals surface area contributed by atoms with Crippen LogP contribution in [-0.2, 0) is 5.60 Å². The number of hydrogen-bond acceptors (Lipinski definition) is 6. The molecule has 3 rings (SSSR count). The lowest BCUT2D eigenvalue weighted by atomic mass is 10.1. The Morgan fingerprint density at radius 3 is 2.50 bits per heavy atom. The summed E-state index contributed by atoms with van der Waals surface area (Å²) >= 11 is 7.20. The molecule has 2 heterocycles. The van der Waals surface area contributed by atoms with E-state index in [-0.39, 0.29) is 5.69 Å². The van der Waals surface area contributed by atoms with Gasteiger partial charge in [0.25, 0.3) is 5.91 Å². The fourth-order valence-electron chi connectivity index (χ4n) is 2.25. The Labute approximate surface area is 159 Å². The van der Waals surface area contributed by atoms with E-state index in [1.54, 1.807) is 44.2 Å². The summed E-state index contributed by atoms with van der Waals surface area (Å²) in [5, 5.41) is 14.9. The predicted molar refractivity (Wildman–Crippen MR) is 104 cm³/mol. The molecule has 0 spiro atoms. The smallest absolute Gasteiger partial charge is 0.270 e. The zero-order valence-corrected chi connectivity index (χ0v) is 15.7. The molecule has 0 atom stereocenters. The number of halogens is 1. The maximum atomic E-state index is 11.8. The number of amides is 1. The molecule has 0 unspecified atom stereocenters. The van der Waals surface area contributed by atoms with Gasteiger partial charge in [0.2, 0.25) is 0 Å². The number of carbonyl (C=O) groups excluding carboxylic acids is 1. The molecule has 3 aromatic rings. The second kappa shape index (κ2) is 7.03. The Balaban J connectivity index is 1.97. The van der Waals surface area contributed by atoms with Crippen molar-refractivity contribution in [2.75, 3.05) is 5.32 Å². The molecule has 0 fully saturated rings. The molecule has 6 nitrogen and oxygen atoms in total. The molecule has 134 valence electrons. The summed E-state index contributed by atoms with van der Waals surface area (Å²) in [6.07, 6.45) is 0. The minimum absolute atomic E-state index is 0.135. The van der Waals surface area contributed by atoms with E-state index in [0.717, 1.165) is 5.56 Å². The molecule has 1 aromatic carbocycles. The van der Waals surface area contributed by atoms with Crippen LogP contribution in [0.2, 0.25) is 5.02 Å². The highest BCUT2D eigenvalue weighted by Crippen LogP contribution is 2.34. The minimum Gasteiger partial charge on any atom is -0.384 e. The van der Waals surface area contributed by atoms with Crippen molar-refractivity contribution in [3.63, 3.8) is 0 Å². The molecule has 0 saturated heterocycles. The van der Waals surface area contributed by atoms with E-state index in [4.69, 9.17) is 17.3 Å². The van der Waals surface area contributed by atoms with Gasteiger partial charge in [-0.05, 0) is 38.1 Å². The van der Waals surface area contributed by atoms with Gasteiger partial charge >= 0.3 is 0 Å². The number of thiazole rings is 1. The fraction of sp³-hybridized carbons (Fsp3) is 0.167. The molecule has 0 aliphatic heterocycles. The Hall–Kier alpha value is -2.48. The molecule has 2 aromatic heterocycles. The molecule has 0 saturated carbocycles.